The third kappa shape index (κ3) is 7.85. The number of aliphatic hydroxyl groups is 1. The van der Waals surface area contributed by atoms with Crippen LogP contribution in [0.15, 0.2) is 29.2 Å². The molecule has 0 fully saturated rings. The van der Waals surface area contributed by atoms with Gasteiger partial charge in [-0.2, -0.15) is 0 Å². The molecule has 0 radical (unpaired) electrons. The van der Waals surface area contributed by atoms with Gasteiger partial charge >= 0.3 is 0 Å². The van der Waals surface area contributed by atoms with Gasteiger partial charge in [-0.05, 0) is 44.0 Å². The van der Waals surface area contributed by atoms with E-state index in [2.05, 4.69) is 5.32 Å². The molecule has 0 saturated heterocycles. The smallest absolute Gasteiger partial charge is 0.220 e. The molecule has 0 bridgehead atoms. The second-order valence-corrected chi connectivity index (χ2v) is 5.56. The topological polar surface area (TPSA) is 49.3 Å². The normalized spacial score (nSPS) is 12.2. The summed E-state index contributed by atoms with van der Waals surface area (Å²) in [6.45, 7) is 2.34. The highest BCUT2D eigenvalue weighted by molar-refractivity contribution is 7.99. The summed E-state index contributed by atoms with van der Waals surface area (Å²) >= 11 is 1.53. The zero-order valence-electron chi connectivity index (χ0n) is 11.1. The predicted octanol–water partition coefficient (Wildman–Crippen LogP) is 2.59. The van der Waals surface area contributed by atoms with Crippen LogP contribution in [0.5, 0.6) is 0 Å². The third-order valence-electron chi connectivity index (χ3n) is 2.53. The van der Waals surface area contributed by atoms with Gasteiger partial charge in [0, 0.05) is 23.6 Å². The van der Waals surface area contributed by atoms with Gasteiger partial charge in [0.05, 0.1) is 6.10 Å². The highest BCUT2D eigenvalue weighted by Gasteiger charge is 2.02. The van der Waals surface area contributed by atoms with Gasteiger partial charge in [-0.25, -0.2) is 4.39 Å². The number of thioether (sulfide) groups is 1. The number of nitrogens with one attached hydrogen (secondary N) is 1. The molecule has 106 valence electrons. The largest absolute Gasteiger partial charge is 0.393 e. The molecule has 0 saturated carbocycles. The highest BCUT2D eigenvalue weighted by Crippen LogP contribution is 2.18. The maximum atomic E-state index is 12.7. The molecule has 1 aromatic rings. The van der Waals surface area contributed by atoms with Crippen LogP contribution in [0.25, 0.3) is 0 Å². The minimum absolute atomic E-state index is 0.0141. The lowest BCUT2D eigenvalue weighted by atomic mass is 10.2. The lowest BCUT2D eigenvalue weighted by molar-refractivity contribution is -0.120. The number of aliphatic hydroxyl groups excluding tert-OH is 1. The minimum Gasteiger partial charge on any atom is -0.393 e. The van der Waals surface area contributed by atoms with E-state index in [1.807, 2.05) is 0 Å². The number of benzene rings is 1. The summed E-state index contributed by atoms with van der Waals surface area (Å²) in [6, 6.07) is 6.25. The Morgan fingerprint density at radius 3 is 2.74 bits per heavy atom. The molecule has 0 aromatic heterocycles. The number of rotatable bonds is 8. The van der Waals surface area contributed by atoms with Gasteiger partial charge in [0.15, 0.2) is 0 Å². The van der Waals surface area contributed by atoms with E-state index in [1.165, 1.54) is 23.9 Å². The summed E-state index contributed by atoms with van der Waals surface area (Å²) in [4.78, 5) is 12.4. The van der Waals surface area contributed by atoms with E-state index in [4.69, 9.17) is 5.11 Å². The second-order valence-electron chi connectivity index (χ2n) is 4.39. The van der Waals surface area contributed by atoms with Gasteiger partial charge in [-0.1, -0.05) is 0 Å². The van der Waals surface area contributed by atoms with E-state index in [9.17, 15) is 9.18 Å². The Labute approximate surface area is 117 Å². The van der Waals surface area contributed by atoms with Gasteiger partial charge in [-0.3, -0.25) is 4.79 Å². The van der Waals surface area contributed by atoms with Crippen molar-refractivity contribution in [1.29, 1.82) is 0 Å². The summed E-state index contributed by atoms with van der Waals surface area (Å²) in [5, 5.41) is 11.9. The Hall–Kier alpha value is -1.07. The zero-order chi connectivity index (χ0) is 14.1. The first-order valence-corrected chi connectivity index (χ1v) is 7.39. The molecule has 1 rings (SSSR count). The summed E-state index contributed by atoms with van der Waals surface area (Å²) in [7, 11) is 0. The first kappa shape index (κ1) is 16.0. The van der Waals surface area contributed by atoms with Crippen molar-refractivity contribution in [3.8, 4) is 0 Å². The van der Waals surface area contributed by atoms with E-state index in [0.29, 0.717) is 25.1 Å². The molecule has 5 heteroatoms. The number of halogens is 1. The van der Waals surface area contributed by atoms with Crippen LogP contribution in [0, 0.1) is 5.82 Å². The Morgan fingerprint density at radius 1 is 1.42 bits per heavy atom. The maximum absolute atomic E-state index is 12.7. The molecule has 3 nitrogen and oxygen atoms in total. The number of amides is 1. The van der Waals surface area contributed by atoms with Crippen molar-refractivity contribution in [3.63, 3.8) is 0 Å². The molecule has 1 unspecified atom stereocenters. The van der Waals surface area contributed by atoms with Crippen LogP contribution in [-0.2, 0) is 4.79 Å². The average molecular weight is 285 g/mol. The third-order valence-corrected chi connectivity index (χ3v) is 3.55. The Kier molecular flexibility index (Phi) is 7.52. The highest BCUT2D eigenvalue weighted by atomic mass is 32.2. The van der Waals surface area contributed by atoms with Crippen LogP contribution in [-0.4, -0.2) is 29.4 Å². The fourth-order valence-corrected chi connectivity index (χ4v) is 2.36. The Balaban J connectivity index is 2.08. The molecule has 1 aromatic carbocycles. The molecule has 1 atom stereocenters. The Bertz CT molecular complexity index is 382. The second kappa shape index (κ2) is 8.93. The molecule has 0 aliphatic carbocycles. The van der Waals surface area contributed by atoms with Crippen molar-refractivity contribution in [2.75, 3.05) is 12.3 Å². The van der Waals surface area contributed by atoms with Crippen LogP contribution < -0.4 is 5.32 Å². The van der Waals surface area contributed by atoms with Gasteiger partial charge in [0.1, 0.15) is 5.82 Å². The molecule has 0 heterocycles. The van der Waals surface area contributed by atoms with Crippen LogP contribution in [0.1, 0.15) is 26.2 Å². The molecule has 2 N–H and O–H groups in total. The lowest BCUT2D eigenvalue weighted by Crippen LogP contribution is -2.25. The van der Waals surface area contributed by atoms with E-state index in [0.717, 1.165) is 11.3 Å². The van der Waals surface area contributed by atoms with Crippen molar-refractivity contribution in [1.82, 2.24) is 5.32 Å². The summed E-state index contributed by atoms with van der Waals surface area (Å²) < 4.78 is 12.7. The van der Waals surface area contributed by atoms with Crippen LogP contribution >= 0.6 is 11.8 Å². The molecule has 1 amide bonds. The van der Waals surface area contributed by atoms with E-state index in [-0.39, 0.29) is 17.8 Å². The quantitative estimate of drug-likeness (QED) is 0.570. The first-order chi connectivity index (χ1) is 9.08. The summed E-state index contributed by atoms with van der Waals surface area (Å²) in [6.07, 6.45) is 1.61. The SMILES string of the molecule is CC(O)CCCNC(=O)CCSc1ccc(F)cc1. The van der Waals surface area contributed by atoms with Crippen molar-refractivity contribution in [2.45, 2.75) is 37.2 Å². The molecule has 19 heavy (non-hydrogen) atoms. The average Bonchev–Trinajstić information content (AvgIpc) is 2.37. The number of carbonyl (C=O) groups is 1. The van der Waals surface area contributed by atoms with Crippen molar-refractivity contribution in [3.05, 3.63) is 30.1 Å². The van der Waals surface area contributed by atoms with Gasteiger partial charge < -0.3 is 10.4 Å². The van der Waals surface area contributed by atoms with Crippen LogP contribution in [0.2, 0.25) is 0 Å². The number of carbonyl (C=O) groups excluding carboxylic acids is 1. The van der Waals surface area contributed by atoms with Crippen LogP contribution in [0.4, 0.5) is 4.39 Å². The minimum atomic E-state index is -0.314. The molecule has 0 aliphatic heterocycles. The number of hydrogen-bond donors (Lipinski definition) is 2. The predicted molar refractivity (Wildman–Crippen MR) is 75.7 cm³/mol. The fourth-order valence-electron chi connectivity index (χ4n) is 1.51. The summed E-state index contributed by atoms with van der Waals surface area (Å²) in [5.41, 5.74) is 0. The zero-order valence-corrected chi connectivity index (χ0v) is 11.9. The Morgan fingerprint density at radius 2 is 2.11 bits per heavy atom. The molecule has 0 spiro atoms. The van der Waals surface area contributed by atoms with E-state index in [1.54, 1.807) is 19.1 Å². The van der Waals surface area contributed by atoms with Gasteiger partial charge in [0.2, 0.25) is 5.91 Å². The monoisotopic (exact) mass is 285 g/mol. The van der Waals surface area contributed by atoms with Gasteiger partial charge in [0.25, 0.3) is 0 Å². The number of hydrogen-bond acceptors (Lipinski definition) is 3. The summed E-state index contributed by atoms with van der Waals surface area (Å²) in [5.74, 6) is 0.439. The standard InChI is InChI=1S/C14H20FNO2S/c1-11(17)3-2-9-16-14(18)8-10-19-13-6-4-12(15)5-7-13/h4-7,11,17H,2-3,8-10H2,1H3,(H,16,18). The van der Waals surface area contributed by atoms with E-state index < -0.39 is 0 Å². The molecular weight excluding hydrogens is 265 g/mol. The van der Waals surface area contributed by atoms with Crippen molar-refractivity contribution < 1.29 is 14.3 Å². The van der Waals surface area contributed by atoms with Crippen LogP contribution in [0.3, 0.4) is 0 Å². The first-order valence-electron chi connectivity index (χ1n) is 6.41. The molecular formula is C14H20FNO2S. The maximum Gasteiger partial charge on any atom is 0.220 e. The lowest BCUT2D eigenvalue weighted by Gasteiger charge is -2.06. The van der Waals surface area contributed by atoms with Crippen molar-refractivity contribution in [2.24, 2.45) is 0 Å². The van der Waals surface area contributed by atoms with E-state index >= 15 is 0 Å². The van der Waals surface area contributed by atoms with Gasteiger partial charge in [-0.15, -0.1) is 11.8 Å². The fraction of sp³-hybridized carbons (Fsp3) is 0.500. The van der Waals surface area contributed by atoms with Crippen molar-refractivity contribution >= 4 is 17.7 Å². The molecule has 0 aliphatic rings.